The Morgan fingerprint density at radius 1 is 1.21 bits per heavy atom. The maximum Gasteiger partial charge on any atom is 0.326 e. The van der Waals surface area contributed by atoms with Crippen LogP contribution in [0.3, 0.4) is 0 Å². The first-order valence-electron chi connectivity index (χ1n) is 11.7. The summed E-state index contributed by atoms with van der Waals surface area (Å²) in [5.74, 6) is 0.761. The Hall–Kier alpha value is -3.26. The molecule has 2 fully saturated rings. The Bertz CT molecular complexity index is 1260. The van der Waals surface area contributed by atoms with Gasteiger partial charge in [0.1, 0.15) is 11.7 Å². The van der Waals surface area contributed by atoms with Crippen LogP contribution < -0.4 is 11.0 Å². The highest BCUT2D eigenvalue weighted by atomic mass is 16.4. The highest BCUT2D eigenvalue weighted by Crippen LogP contribution is 2.37. The second kappa shape index (κ2) is 8.59. The van der Waals surface area contributed by atoms with Crippen molar-refractivity contribution < 1.29 is 9.90 Å². The van der Waals surface area contributed by atoms with Crippen molar-refractivity contribution in [2.24, 2.45) is 11.8 Å². The molecule has 3 unspecified atom stereocenters. The Labute approximate surface area is 192 Å². The molecule has 0 bridgehead atoms. The molecule has 3 atom stereocenters. The zero-order chi connectivity index (χ0) is 23.1. The number of benzene rings is 1. The van der Waals surface area contributed by atoms with E-state index in [1.54, 1.807) is 19.2 Å². The van der Waals surface area contributed by atoms with E-state index in [0.717, 1.165) is 24.2 Å². The molecule has 3 heterocycles. The number of carboxylic acids is 1. The molecule has 8 nitrogen and oxygen atoms in total. The molecule has 1 aromatic carbocycles. The number of aliphatic carboxylic acids is 1. The van der Waals surface area contributed by atoms with E-state index in [4.69, 9.17) is 0 Å². The zero-order valence-corrected chi connectivity index (χ0v) is 19.0. The minimum atomic E-state index is -1.05. The molecule has 2 N–H and O–H groups in total. The molecule has 33 heavy (non-hydrogen) atoms. The summed E-state index contributed by atoms with van der Waals surface area (Å²) in [4.78, 5) is 34.9. The Kier molecular flexibility index (Phi) is 5.62. The fourth-order valence-corrected chi connectivity index (χ4v) is 5.47. The van der Waals surface area contributed by atoms with Gasteiger partial charge in [-0.25, -0.2) is 14.8 Å². The van der Waals surface area contributed by atoms with Crippen LogP contribution in [0.25, 0.3) is 22.2 Å². The largest absolute Gasteiger partial charge is 0.480 e. The second-order valence-electron chi connectivity index (χ2n) is 9.25. The number of anilines is 1. The number of nitrogens with zero attached hydrogens (tertiary/aromatic N) is 4. The van der Waals surface area contributed by atoms with Crippen LogP contribution in [0.2, 0.25) is 0 Å². The number of hydrogen-bond acceptors (Lipinski definition) is 6. The highest BCUT2D eigenvalue weighted by molar-refractivity contribution is 5.84. The minimum Gasteiger partial charge on any atom is -0.480 e. The smallest absolute Gasteiger partial charge is 0.326 e. The van der Waals surface area contributed by atoms with Gasteiger partial charge < -0.3 is 5.11 Å². The quantitative estimate of drug-likeness (QED) is 0.592. The van der Waals surface area contributed by atoms with Crippen LogP contribution in [0.1, 0.15) is 44.2 Å². The topological polar surface area (TPSA) is 100 Å². The van der Waals surface area contributed by atoms with Crippen molar-refractivity contribution in [3.8, 4) is 11.1 Å². The predicted molar refractivity (Wildman–Crippen MR) is 127 cm³/mol. The van der Waals surface area contributed by atoms with E-state index in [1.807, 2.05) is 31.2 Å². The number of aromatic nitrogens is 3. The molecule has 172 valence electrons. The number of hydrazine groups is 1. The van der Waals surface area contributed by atoms with E-state index in [-0.39, 0.29) is 12.0 Å². The number of carboxylic acid groups (broad SMARTS) is 1. The van der Waals surface area contributed by atoms with E-state index in [9.17, 15) is 14.7 Å². The van der Waals surface area contributed by atoms with E-state index in [2.05, 4.69) is 20.4 Å². The Balaban J connectivity index is 1.61. The number of pyridine rings is 1. The molecule has 1 saturated carbocycles. The predicted octanol–water partition coefficient (Wildman–Crippen LogP) is 3.86. The number of aryl methyl sites for hydroxylation is 1. The molecule has 2 aliphatic rings. The Morgan fingerprint density at radius 2 is 1.94 bits per heavy atom. The lowest BCUT2D eigenvalue weighted by atomic mass is 10.0. The van der Waals surface area contributed by atoms with Crippen LogP contribution >= 0.6 is 0 Å². The SMILES string of the molecule is CCC(C(=O)O)n1c(=O)c(-c2ccccc2C)cc2cnc(NN3CC4CCCC4C3)nc21. The van der Waals surface area contributed by atoms with Crippen LogP contribution in [0.15, 0.2) is 41.3 Å². The van der Waals surface area contributed by atoms with Gasteiger partial charge in [0.2, 0.25) is 5.95 Å². The lowest BCUT2D eigenvalue weighted by Crippen LogP contribution is -2.32. The summed E-state index contributed by atoms with van der Waals surface area (Å²) in [7, 11) is 0. The van der Waals surface area contributed by atoms with Crippen molar-refractivity contribution in [1.29, 1.82) is 0 Å². The molecule has 3 aromatic rings. The molecule has 0 amide bonds. The summed E-state index contributed by atoms with van der Waals surface area (Å²) in [6.07, 6.45) is 5.77. The van der Waals surface area contributed by atoms with Gasteiger partial charge in [-0.15, -0.1) is 0 Å². The number of carbonyl (C=O) groups is 1. The third-order valence-corrected chi connectivity index (χ3v) is 7.18. The minimum absolute atomic E-state index is 0.268. The van der Waals surface area contributed by atoms with Gasteiger partial charge in [0, 0.05) is 30.2 Å². The Morgan fingerprint density at radius 3 is 2.61 bits per heavy atom. The van der Waals surface area contributed by atoms with Gasteiger partial charge in [0.15, 0.2) is 0 Å². The molecule has 1 aliphatic carbocycles. The first kappa shape index (κ1) is 21.6. The van der Waals surface area contributed by atoms with Crippen molar-refractivity contribution in [1.82, 2.24) is 19.5 Å². The molecular weight excluding hydrogens is 418 g/mol. The standard InChI is InChI=1S/C25H29N5O3/c1-3-21(24(32)33)30-22-18(11-20(23(30)31)19-10-5-4-7-15(19)2)12-26-25(27-22)28-29-13-16-8-6-9-17(16)14-29/h4-5,7,10-12,16-17,21H,3,6,8-9,13-14H2,1-2H3,(H,32,33)(H,26,27,28). The van der Waals surface area contributed by atoms with Gasteiger partial charge in [-0.05, 0) is 55.2 Å². The van der Waals surface area contributed by atoms with Crippen LogP contribution in [-0.4, -0.2) is 43.7 Å². The van der Waals surface area contributed by atoms with E-state index in [1.165, 1.54) is 23.8 Å². The van der Waals surface area contributed by atoms with Gasteiger partial charge in [-0.3, -0.25) is 14.8 Å². The van der Waals surface area contributed by atoms with Crippen LogP contribution in [0, 0.1) is 18.8 Å². The molecule has 5 rings (SSSR count). The van der Waals surface area contributed by atoms with Gasteiger partial charge in [0.25, 0.3) is 5.56 Å². The molecule has 2 aromatic heterocycles. The van der Waals surface area contributed by atoms with Crippen LogP contribution in [-0.2, 0) is 4.79 Å². The third kappa shape index (κ3) is 3.88. The average molecular weight is 448 g/mol. The number of nitrogens with one attached hydrogen (secondary N) is 1. The van der Waals surface area contributed by atoms with E-state index < -0.39 is 12.0 Å². The van der Waals surface area contributed by atoms with Gasteiger partial charge in [-0.2, -0.15) is 4.98 Å². The van der Waals surface area contributed by atoms with Gasteiger partial charge in [0.05, 0.1) is 0 Å². The maximum atomic E-state index is 13.6. The van der Waals surface area contributed by atoms with Gasteiger partial charge >= 0.3 is 5.97 Å². The van der Waals surface area contributed by atoms with Crippen molar-refractivity contribution >= 4 is 23.0 Å². The lowest BCUT2D eigenvalue weighted by molar-refractivity contribution is -0.141. The fourth-order valence-electron chi connectivity index (χ4n) is 5.47. The summed E-state index contributed by atoms with van der Waals surface area (Å²) >= 11 is 0. The molecule has 1 aliphatic heterocycles. The summed E-state index contributed by atoms with van der Waals surface area (Å²) in [6.45, 7) is 5.61. The molecule has 1 saturated heterocycles. The first-order valence-corrected chi connectivity index (χ1v) is 11.7. The van der Waals surface area contributed by atoms with Crippen LogP contribution in [0.5, 0.6) is 0 Å². The van der Waals surface area contributed by atoms with Crippen molar-refractivity contribution in [3.05, 3.63) is 52.4 Å². The first-order chi connectivity index (χ1) is 16.0. The average Bonchev–Trinajstić information content (AvgIpc) is 3.38. The second-order valence-corrected chi connectivity index (χ2v) is 9.25. The lowest BCUT2D eigenvalue weighted by Gasteiger charge is -2.21. The normalized spacial score (nSPS) is 21.3. The molecule has 0 radical (unpaired) electrons. The molecule has 0 spiro atoms. The highest BCUT2D eigenvalue weighted by Gasteiger charge is 2.36. The molecular formula is C25H29N5O3. The van der Waals surface area contributed by atoms with E-state index in [0.29, 0.717) is 34.4 Å². The van der Waals surface area contributed by atoms with Crippen molar-refractivity contribution in [3.63, 3.8) is 0 Å². The van der Waals surface area contributed by atoms with Gasteiger partial charge in [-0.1, -0.05) is 37.6 Å². The van der Waals surface area contributed by atoms with Crippen molar-refractivity contribution in [2.45, 2.75) is 45.6 Å². The molecule has 8 heteroatoms. The summed E-state index contributed by atoms with van der Waals surface area (Å²) < 4.78 is 1.32. The fraction of sp³-hybridized carbons (Fsp3) is 0.440. The monoisotopic (exact) mass is 447 g/mol. The number of rotatable bonds is 6. The maximum absolute atomic E-state index is 13.6. The van der Waals surface area contributed by atoms with Crippen molar-refractivity contribution in [2.75, 3.05) is 18.5 Å². The summed E-state index contributed by atoms with van der Waals surface area (Å²) in [5.41, 5.74) is 5.46. The third-order valence-electron chi connectivity index (χ3n) is 7.18. The number of hydrogen-bond donors (Lipinski definition) is 2. The van der Waals surface area contributed by atoms with Crippen LogP contribution in [0.4, 0.5) is 5.95 Å². The summed E-state index contributed by atoms with van der Waals surface area (Å²) in [5, 5.41) is 12.7. The zero-order valence-electron chi connectivity index (χ0n) is 19.0. The summed E-state index contributed by atoms with van der Waals surface area (Å²) in [6, 6.07) is 8.36. The number of fused-ring (bicyclic) bond motifs is 2. The van der Waals surface area contributed by atoms with E-state index >= 15 is 0 Å².